The lowest BCUT2D eigenvalue weighted by Crippen LogP contribution is -1.99. The molecule has 0 spiro atoms. The van der Waals surface area contributed by atoms with E-state index in [1.54, 1.807) is 24.5 Å². The third kappa shape index (κ3) is 2.06. The number of rotatable bonds is 2. The Bertz CT molecular complexity index is 710. The molecule has 1 aromatic carbocycles. The normalized spacial score (nSPS) is 10.8. The Balaban J connectivity index is 2.06. The number of benzene rings is 1. The number of hydrogen-bond donors (Lipinski definition) is 1. The molecule has 90 valence electrons. The van der Waals surface area contributed by atoms with Gasteiger partial charge in [0.25, 0.3) is 0 Å². The van der Waals surface area contributed by atoms with Gasteiger partial charge < -0.3 is 9.72 Å². The van der Waals surface area contributed by atoms with Gasteiger partial charge in [0.1, 0.15) is 10.4 Å². The molecule has 0 amide bonds. The van der Waals surface area contributed by atoms with E-state index >= 15 is 0 Å². The molecule has 2 aromatic heterocycles. The SMILES string of the molecule is Fc1cccc(Nc2nc(Br)cn3ccnc23)c1. The summed E-state index contributed by atoms with van der Waals surface area (Å²) in [4.78, 5) is 8.50. The fraction of sp³-hybridized carbons (Fsp3) is 0. The monoisotopic (exact) mass is 306 g/mol. The summed E-state index contributed by atoms with van der Waals surface area (Å²) in [6.07, 6.45) is 5.30. The van der Waals surface area contributed by atoms with Crippen molar-refractivity contribution in [2.45, 2.75) is 0 Å². The van der Waals surface area contributed by atoms with Gasteiger partial charge in [-0.1, -0.05) is 6.07 Å². The molecule has 2 heterocycles. The van der Waals surface area contributed by atoms with E-state index in [4.69, 9.17) is 0 Å². The molecule has 0 fully saturated rings. The molecule has 6 heteroatoms. The number of imidazole rings is 1. The lowest BCUT2D eigenvalue weighted by atomic mass is 10.3. The number of fused-ring (bicyclic) bond motifs is 1. The van der Waals surface area contributed by atoms with Crippen LogP contribution in [0.3, 0.4) is 0 Å². The highest BCUT2D eigenvalue weighted by atomic mass is 79.9. The number of hydrogen-bond acceptors (Lipinski definition) is 3. The van der Waals surface area contributed by atoms with Crippen LogP contribution < -0.4 is 5.32 Å². The fourth-order valence-corrected chi connectivity index (χ4v) is 2.09. The van der Waals surface area contributed by atoms with Gasteiger partial charge in [-0.15, -0.1) is 0 Å². The maximum Gasteiger partial charge on any atom is 0.180 e. The van der Waals surface area contributed by atoms with Crippen LogP contribution in [-0.4, -0.2) is 14.4 Å². The third-order valence-corrected chi connectivity index (χ3v) is 2.81. The topological polar surface area (TPSA) is 42.2 Å². The zero-order chi connectivity index (χ0) is 12.5. The van der Waals surface area contributed by atoms with E-state index in [1.807, 2.05) is 10.6 Å². The molecule has 1 N–H and O–H groups in total. The van der Waals surface area contributed by atoms with Crippen molar-refractivity contribution in [3.8, 4) is 0 Å². The minimum absolute atomic E-state index is 0.297. The summed E-state index contributed by atoms with van der Waals surface area (Å²) in [5.41, 5.74) is 1.31. The molecule has 0 atom stereocenters. The Morgan fingerprint density at radius 3 is 3.06 bits per heavy atom. The Labute approximate surface area is 111 Å². The minimum Gasteiger partial charge on any atom is -0.337 e. The molecular weight excluding hydrogens is 299 g/mol. The van der Waals surface area contributed by atoms with Gasteiger partial charge in [-0.2, -0.15) is 0 Å². The number of nitrogens with one attached hydrogen (secondary N) is 1. The van der Waals surface area contributed by atoms with E-state index < -0.39 is 0 Å². The molecule has 0 unspecified atom stereocenters. The zero-order valence-corrected chi connectivity index (χ0v) is 10.7. The molecule has 3 aromatic rings. The summed E-state index contributed by atoms with van der Waals surface area (Å²) in [7, 11) is 0. The number of nitrogens with zero attached hydrogens (tertiary/aromatic N) is 3. The average Bonchev–Trinajstić information content (AvgIpc) is 2.77. The third-order valence-electron chi connectivity index (χ3n) is 2.43. The van der Waals surface area contributed by atoms with Crippen molar-refractivity contribution in [1.29, 1.82) is 0 Å². The van der Waals surface area contributed by atoms with Gasteiger partial charge in [0.15, 0.2) is 11.5 Å². The van der Waals surface area contributed by atoms with Gasteiger partial charge in [0, 0.05) is 24.3 Å². The second-order valence-corrected chi connectivity index (χ2v) is 4.52. The standard InChI is InChI=1S/C12H8BrFN4/c13-10-7-18-5-4-15-12(18)11(17-10)16-9-3-1-2-8(14)6-9/h1-7H,(H,16,17). The summed E-state index contributed by atoms with van der Waals surface area (Å²) in [6, 6.07) is 6.20. The molecular formula is C12H8BrFN4. The van der Waals surface area contributed by atoms with Crippen LogP contribution in [-0.2, 0) is 0 Å². The molecule has 4 nitrogen and oxygen atoms in total. The molecule has 0 aliphatic carbocycles. The molecule has 0 saturated carbocycles. The predicted molar refractivity (Wildman–Crippen MR) is 70.4 cm³/mol. The summed E-state index contributed by atoms with van der Waals surface area (Å²) in [6.45, 7) is 0. The van der Waals surface area contributed by atoms with Crippen LogP contribution in [0.15, 0.2) is 47.5 Å². The summed E-state index contributed by atoms with van der Waals surface area (Å²) >= 11 is 3.32. The van der Waals surface area contributed by atoms with E-state index in [1.165, 1.54) is 12.1 Å². The van der Waals surface area contributed by atoms with Gasteiger partial charge in [-0.3, -0.25) is 0 Å². The summed E-state index contributed by atoms with van der Waals surface area (Å²) in [5.74, 6) is 0.273. The summed E-state index contributed by atoms with van der Waals surface area (Å²) < 4.78 is 15.6. The molecule has 0 aliphatic heterocycles. The number of anilines is 2. The lowest BCUT2D eigenvalue weighted by molar-refractivity contribution is 0.628. The lowest BCUT2D eigenvalue weighted by Gasteiger charge is -2.07. The predicted octanol–water partition coefficient (Wildman–Crippen LogP) is 3.37. The first-order valence-electron chi connectivity index (χ1n) is 5.24. The minimum atomic E-state index is -0.297. The van der Waals surface area contributed by atoms with Crippen LogP contribution in [0.1, 0.15) is 0 Å². The van der Waals surface area contributed by atoms with Crippen LogP contribution in [0.25, 0.3) is 5.65 Å². The van der Waals surface area contributed by atoms with Crippen molar-refractivity contribution < 1.29 is 4.39 Å². The molecule has 0 aliphatic rings. The van der Waals surface area contributed by atoms with Gasteiger partial charge >= 0.3 is 0 Å². The van der Waals surface area contributed by atoms with E-state index in [0.717, 1.165) is 0 Å². The summed E-state index contributed by atoms with van der Waals surface area (Å²) in [5, 5.41) is 3.05. The molecule has 0 saturated heterocycles. The Kier molecular flexibility index (Phi) is 2.71. The highest BCUT2D eigenvalue weighted by Gasteiger charge is 2.06. The first kappa shape index (κ1) is 11.2. The van der Waals surface area contributed by atoms with Gasteiger partial charge in [-0.25, -0.2) is 14.4 Å². The fourth-order valence-electron chi connectivity index (χ4n) is 1.69. The van der Waals surface area contributed by atoms with E-state index in [2.05, 4.69) is 31.2 Å². The molecule has 0 bridgehead atoms. The van der Waals surface area contributed by atoms with Crippen molar-refractivity contribution in [2.24, 2.45) is 0 Å². The van der Waals surface area contributed by atoms with Crippen molar-refractivity contribution in [1.82, 2.24) is 14.4 Å². The maximum atomic E-state index is 13.1. The highest BCUT2D eigenvalue weighted by molar-refractivity contribution is 9.10. The zero-order valence-electron chi connectivity index (χ0n) is 9.14. The average molecular weight is 307 g/mol. The van der Waals surface area contributed by atoms with Crippen LogP contribution in [0.4, 0.5) is 15.9 Å². The Hall–Kier alpha value is -1.95. The van der Waals surface area contributed by atoms with Crippen molar-refractivity contribution >= 4 is 33.1 Å². The Morgan fingerprint density at radius 1 is 1.33 bits per heavy atom. The van der Waals surface area contributed by atoms with Gasteiger partial charge in [0.05, 0.1) is 0 Å². The van der Waals surface area contributed by atoms with Crippen LogP contribution in [0.2, 0.25) is 0 Å². The van der Waals surface area contributed by atoms with Gasteiger partial charge in [0.2, 0.25) is 0 Å². The van der Waals surface area contributed by atoms with E-state index in [9.17, 15) is 4.39 Å². The molecule has 0 radical (unpaired) electrons. The van der Waals surface area contributed by atoms with Crippen molar-refractivity contribution in [2.75, 3.05) is 5.32 Å². The van der Waals surface area contributed by atoms with E-state index in [-0.39, 0.29) is 5.82 Å². The number of aromatic nitrogens is 3. The second-order valence-electron chi connectivity index (χ2n) is 3.71. The Morgan fingerprint density at radius 2 is 2.22 bits per heavy atom. The van der Waals surface area contributed by atoms with Crippen molar-refractivity contribution in [3.05, 3.63) is 53.3 Å². The molecule has 18 heavy (non-hydrogen) atoms. The van der Waals surface area contributed by atoms with Crippen LogP contribution in [0.5, 0.6) is 0 Å². The van der Waals surface area contributed by atoms with E-state index in [0.29, 0.717) is 21.8 Å². The van der Waals surface area contributed by atoms with Gasteiger partial charge in [-0.05, 0) is 34.1 Å². The second kappa shape index (κ2) is 4.38. The van der Waals surface area contributed by atoms with Crippen molar-refractivity contribution in [3.63, 3.8) is 0 Å². The highest BCUT2D eigenvalue weighted by Crippen LogP contribution is 2.21. The maximum absolute atomic E-state index is 13.1. The first-order chi connectivity index (χ1) is 8.72. The first-order valence-corrected chi connectivity index (χ1v) is 6.03. The number of halogens is 2. The van der Waals surface area contributed by atoms with Crippen LogP contribution >= 0.6 is 15.9 Å². The largest absolute Gasteiger partial charge is 0.337 e. The van der Waals surface area contributed by atoms with Crippen LogP contribution in [0, 0.1) is 5.82 Å². The quantitative estimate of drug-likeness (QED) is 0.789. The molecule has 3 rings (SSSR count). The smallest absolute Gasteiger partial charge is 0.180 e.